The highest BCUT2D eigenvalue weighted by molar-refractivity contribution is 5.35. The van der Waals surface area contributed by atoms with E-state index in [2.05, 4.69) is 25.2 Å². The molecule has 2 rings (SSSR count). The monoisotopic (exact) mass is 291 g/mol. The summed E-state index contributed by atoms with van der Waals surface area (Å²) in [7, 11) is 2.01. The van der Waals surface area contributed by atoms with Crippen molar-refractivity contribution < 1.29 is 4.39 Å². The molecule has 0 heterocycles. The predicted octanol–water partition coefficient (Wildman–Crippen LogP) is 4.96. The van der Waals surface area contributed by atoms with Gasteiger partial charge in [0, 0.05) is 0 Å². The number of rotatable bonds is 5. The minimum absolute atomic E-state index is 0.00996. The third-order valence-electron chi connectivity index (χ3n) is 5.12. The van der Waals surface area contributed by atoms with E-state index in [4.69, 9.17) is 0 Å². The molecule has 1 fully saturated rings. The summed E-state index contributed by atoms with van der Waals surface area (Å²) in [5.74, 6) is 1.73. The summed E-state index contributed by atoms with van der Waals surface area (Å²) in [6.07, 6.45) is 6.21. The summed E-state index contributed by atoms with van der Waals surface area (Å²) in [4.78, 5) is 0. The Balaban J connectivity index is 2.31. The number of benzene rings is 1. The predicted molar refractivity (Wildman–Crippen MR) is 88.3 cm³/mol. The average Bonchev–Trinajstić information content (AvgIpc) is 2.41. The molecule has 1 saturated carbocycles. The first-order chi connectivity index (χ1) is 10.1. The molecule has 1 aliphatic carbocycles. The Morgan fingerprint density at radius 3 is 2.62 bits per heavy atom. The first kappa shape index (κ1) is 16.5. The lowest BCUT2D eigenvalue weighted by atomic mass is 9.69. The number of halogens is 1. The highest BCUT2D eigenvalue weighted by atomic mass is 19.1. The van der Waals surface area contributed by atoms with E-state index in [1.165, 1.54) is 25.7 Å². The van der Waals surface area contributed by atoms with Crippen molar-refractivity contribution in [3.8, 4) is 0 Å². The zero-order valence-electron chi connectivity index (χ0n) is 14.0. The largest absolute Gasteiger partial charge is 0.319 e. The van der Waals surface area contributed by atoms with Gasteiger partial charge in [-0.1, -0.05) is 32.3 Å². The maximum absolute atomic E-state index is 14.6. The number of nitrogens with one attached hydrogen (secondary N) is 1. The van der Waals surface area contributed by atoms with Crippen LogP contribution in [0.25, 0.3) is 0 Å². The lowest BCUT2D eigenvalue weighted by Gasteiger charge is -2.37. The van der Waals surface area contributed by atoms with E-state index in [1.807, 2.05) is 14.0 Å². The lowest BCUT2D eigenvalue weighted by molar-refractivity contribution is 0.219. The zero-order valence-corrected chi connectivity index (χ0v) is 14.0. The molecule has 0 amide bonds. The molecule has 1 nitrogen and oxygen atoms in total. The van der Waals surface area contributed by atoms with Crippen LogP contribution < -0.4 is 5.32 Å². The van der Waals surface area contributed by atoms with Crippen LogP contribution in [0.5, 0.6) is 0 Å². The van der Waals surface area contributed by atoms with Gasteiger partial charge in [-0.15, -0.1) is 0 Å². The normalized spacial score (nSPS) is 26.0. The molecule has 0 saturated heterocycles. The molecule has 0 aliphatic heterocycles. The van der Waals surface area contributed by atoms with Crippen LogP contribution in [0.1, 0.15) is 61.6 Å². The Hall–Kier alpha value is -0.890. The minimum atomic E-state index is 0.00996. The summed E-state index contributed by atoms with van der Waals surface area (Å²) in [6.45, 7) is 7.31. The van der Waals surface area contributed by atoms with Gasteiger partial charge in [0.1, 0.15) is 5.82 Å². The lowest BCUT2D eigenvalue weighted by Crippen LogP contribution is -2.31. The van der Waals surface area contributed by atoms with Crippen LogP contribution in [0.15, 0.2) is 12.1 Å². The van der Waals surface area contributed by atoms with Gasteiger partial charge in [-0.25, -0.2) is 4.39 Å². The fourth-order valence-corrected chi connectivity index (χ4v) is 4.25. The van der Waals surface area contributed by atoms with Gasteiger partial charge >= 0.3 is 0 Å². The number of aryl methyl sites for hydroxylation is 2. The summed E-state index contributed by atoms with van der Waals surface area (Å²) in [5.41, 5.74) is 3.15. The van der Waals surface area contributed by atoms with Crippen LogP contribution in [0.2, 0.25) is 0 Å². The Bertz CT molecular complexity index is 446. The van der Waals surface area contributed by atoms with Gasteiger partial charge in [0.05, 0.1) is 0 Å². The highest BCUT2D eigenvalue weighted by Gasteiger charge is 2.33. The van der Waals surface area contributed by atoms with Crippen LogP contribution in [-0.4, -0.2) is 13.6 Å². The molecule has 0 spiro atoms. The first-order valence-electron chi connectivity index (χ1n) is 8.48. The van der Waals surface area contributed by atoms with E-state index < -0.39 is 0 Å². The van der Waals surface area contributed by atoms with Gasteiger partial charge < -0.3 is 5.32 Å². The van der Waals surface area contributed by atoms with Crippen molar-refractivity contribution in [2.24, 2.45) is 11.8 Å². The molecule has 1 aliphatic rings. The van der Waals surface area contributed by atoms with E-state index in [0.717, 1.165) is 35.6 Å². The Morgan fingerprint density at radius 2 is 2.00 bits per heavy atom. The minimum Gasteiger partial charge on any atom is -0.319 e. The summed E-state index contributed by atoms with van der Waals surface area (Å²) in [5, 5.41) is 3.31. The number of hydrogen-bond donors (Lipinski definition) is 1. The van der Waals surface area contributed by atoms with Crippen LogP contribution in [0, 0.1) is 31.5 Å². The smallest absolute Gasteiger partial charge is 0.127 e. The van der Waals surface area contributed by atoms with Crippen LogP contribution in [0.4, 0.5) is 4.39 Å². The van der Waals surface area contributed by atoms with Crippen molar-refractivity contribution in [3.05, 3.63) is 34.6 Å². The van der Waals surface area contributed by atoms with E-state index >= 15 is 0 Å². The Kier molecular flexibility index (Phi) is 5.80. The molecule has 3 atom stereocenters. The molecule has 0 bridgehead atoms. The van der Waals surface area contributed by atoms with Crippen molar-refractivity contribution >= 4 is 0 Å². The van der Waals surface area contributed by atoms with Crippen molar-refractivity contribution in [1.29, 1.82) is 0 Å². The van der Waals surface area contributed by atoms with Gasteiger partial charge in [-0.05, 0) is 80.8 Å². The molecule has 21 heavy (non-hydrogen) atoms. The fraction of sp³-hybridized carbons (Fsp3) is 0.684. The molecular formula is C19H30FN. The number of hydrogen-bond acceptors (Lipinski definition) is 1. The Morgan fingerprint density at radius 1 is 1.24 bits per heavy atom. The standard InChI is InChI=1S/C19H30FN/c1-5-6-15-7-8-16(12-21-4)17(11-15)19-14(3)9-13(2)10-18(19)20/h9-10,15-17,21H,5-8,11-12H2,1-4H3. The summed E-state index contributed by atoms with van der Waals surface area (Å²) in [6, 6.07) is 3.85. The van der Waals surface area contributed by atoms with E-state index in [9.17, 15) is 4.39 Å². The molecule has 2 heteroatoms. The van der Waals surface area contributed by atoms with Crippen LogP contribution in [0.3, 0.4) is 0 Å². The Labute approximate surface area is 129 Å². The molecule has 0 aromatic heterocycles. The van der Waals surface area contributed by atoms with Crippen LogP contribution >= 0.6 is 0 Å². The van der Waals surface area contributed by atoms with Crippen molar-refractivity contribution in [3.63, 3.8) is 0 Å². The molecular weight excluding hydrogens is 261 g/mol. The molecule has 0 radical (unpaired) electrons. The van der Waals surface area contributed by atoms with Crippen molar-refractivity contribution in [2.75, 3.05) is 13.6 Å². The quantitative estimate of drug-likeness (QED) is 0.808. The van der Waals surface area contributed by atoms with Gasteiger partial charge in [0.25, 0.3) is 0 Å². The maximum atomic E-state index is 14.6. The third-order valence-corrected chi connectivity index (χ3v) is 5.12. The molecule has 1 aromatic carbocycles. The highest BCUT2D eigenvalue weighted by Crippen LogP contribution is 2.43. The molecule has 118 valence electrons. The summed E-state index contributed by atoms with van der Waals surface area (Å²) >= 11 is 0. The van der Waals surface area contributed by atoms with Crippen LogP contribution in [-0.2, 0) is 0 Å². The average molecular weight is 291 g/mol. The topological polar surface area (TPSA) is 12.0 Å². The summed E-state index contributed by atoms with van der Waals surface area (Å²) < 4.78 is 14.6. The SMILES string of the molecule is CCCC1CCC(CNC)C(c2c(C)cc(C)cc2F)C1. The van der Waals surface area contributed by atoms with Gasteiger partial charge in [-0.3, -0.25) is 0 Å². The van der Waals surface area contributed by atoms with Gasteiger partial charge in [-0.2, -0.15) is 0 Å². The molecule has 1 N–H and O–H groups in total. The fourth-order valence-electron chi connectivity index (χ4n) is 4.25. The second-order valence-electron chi connectivity index (χ2n) is 6.87. The third kappa shape index (κ3) is 3.85. The van der Waals surface area contributed by atoms with E-state index in [1.54, 1.807) is 6.07 Å². The maximum Gasteiger partial charge on any atom is 0.127 e. The van der Waals surface area contributed by atoms with Gasteiger partial charge in [0.2, 0.25) is 0 Å². The van der Waals surface area contributed by atoms with Crippen molar-refractivity contribution in [2.45, 2.75) is 58.8 Å². The zero-order chi connectivity index (χ0) is 15.4. The first-order valence-corrected chi connectivity index (χ1v) is 8.48. The second kappa shape index (κ2) is 7.40. The van der Waals surface area contributed by atoms with Gasteiger partial charge in [0.15, 0.2) is 0 Å². The van der Waals surface area contributed by atoms with Crippen molar-refractivity contribution in [1.82, 2.24) is 5.32 Å². The molecule has 1 aromatic rings. The second-order valence-corrected chi connectivity index (χ2v) is 6.87. The van der Waals surface area contributed by atoms with E-state index in [0.29, 0.717) is 11.8 Å². The van der Waals surface area contributed by atoms with E-state index in [-0.39, 0.29) is 5.82 Å². The molecule has 3 unspecified atom stereocenters.